The van der Waals surface area contributed by atoms with E-state index in [0.29, 0.717) is 5.82 Å². The number of aromatic nitrogens is 2. The molecule has 5 nitrogen and oxygen atoms in total. The van der Waals surface area contributed by atoms with Gasteiger partial charge in [-0.2, -0.15) is 16.9 Å². The second-order valence-corrected chi connectivity index (χ2v) is 4.66. The fourth-order valence-electron chi connectivity index (χ4n) is 1.31. The lowest BCUT2D eigenvalue weighted by Gasteiger charge is -2.24. The molecule has 0 aliphatic heterocycles. The second kappa shape index (κ2) is 5.79. The maximum absolute atomic E-state index is 11.9. The Bertz CT molecular complexity index is 352. The molecule has 1 amide bonds. The van der Waals surface area contributed by atoms with Gasteiger partial charge in [0.1, 0.15) is 12.4 Å². The molecule has 1 atom stereocenters. The van der Waals surface area contributed by atoms with E-state index in [1.165, 1.54) is 0 Å². The van der Waals surface area contributed by atoms with Gasteiger partial charge < -0.3 is 10.6 Å². The van der Waals surface area contributed by atoms with Crippen molar-refractivity contribution in [3.63, 3.8) is 0 Å². The van der Waals surface area contributed by atoms with Crippen molar-refractivity contribution in [2.45, 2.75) is 19.5 Å². The van der Waals surface area contributed by atoms with Gasteiger partial charge in [0.15, 0.2) is 0 Å². The predicted molar refractivity (Wildman–Crippen MR) is 67.3 cm³/mol. The summed E-state index contributed by atoms with van der Waals surface area (Å²) in [4.78, 5) is 13.6. The SMILES string of the molecule is CSCC(C)N(C)C(=O)Cn1ccc(N)n1. The molecule has 1 rings (SSSR count). The number of likely N-dealkylation sites (N-methyl/N-ethyl adjacent to an activating group) is 1. The monoisotopic (exact) mass is 242 g/mol. The van der Waals surface area contributed by atoms with Crippen LogP contribution in [0.3, 0.4) is 0 Å². The summed E-state index contributed by atoms with van der Waals surface area (Å²) in [6, 6.07) is 1.91. The highest BCUT2D eigenvalue weighted by atomic mass is 32.2. The van der Waals surface area contributed by atoms with Crippen molar-refractivity contribution < 1.29 is 4.79 Å². The first-order chi connectivity index (χ1) is 7.54. The molecule has 2 N–H and O–H groups in total. The van der Waals surface area contributed by atoms with Crippen LogP contribution in [0.2, 0.25) is 0 Å². The minimum Gasteiger partial charge on any atom is -0.382 e. The molecule has 0 aliphatic rings. The minimum absolute atomic E-state index is 0.0460. The standard InChI is InChI=1S/C10H18N4OS/c1-8(7-16-3)13(2)10(15)6-14-5-4-9(11)12-14/h4-5,8H,6-7H2,1-3H3,(H2,11,12). The van der Waals surface area contributed by atoms with Crippen molar-refractivity contribution in [2.24, 2.45) is 0 Å². The molecule has 0 fully saturated rings. The Hall–Kier alpha value is -1.17. The maximum atomic E-state index is 11.9. The Kier molecular flexibility index (Phi) is 4.67. The topological polar surface area (TPSA) is 64.2 Å². The quantitative estimate of drug-likeness (QED) is 0.824. The molecule has 0 aliphatic carbocycles. The van der Waals surface area contributed by atoms with Crippen LogP contribution in [0.15, 0.2) is 12.3 Å². The lowest BCUT2D eigenvalue weighted by molar-refractivity contribution is -0.132. The second-order valence-electron chi connectivity index (χ2n) is 3.75. The first kappa shape index (κ1) is 12.9. The van der Waals surface area contributed by atoms with Crippen molar-refractivity contribution in [1.29, 1.82) is 0 Å². The zero-order chi connectivity index (χ0) is 12.1. The van der Waals surface area contributed by atoms with Gasteiger partial charge in [-0.25, -0.2) is 0 Å². The first-order valence-corrected chi connectivity index (χ1v) is 6.47. The van der Waals surface area contributed by atoms with Crippen LogP contribution in [0.25, 0.3) is 0 Å². The van der Waals surface area contributed by atoms with Gasteiger partial charge in [-0.1, -0.05) is 0 Å². The van der Waals surface area contributed by atoms with Crippen LogP contribution in [0.5, 0.6) is 0 Å². The van der Waals surface area contributed by atoms with E-state index in [1.54, 1.807) is 33.6 Å². The number of carbonyl (C=O) groups excluding carboxylic acids is 1. The van der Waals surface area contributed by atoms with Crippen LogP contribution in [0.4, 0.5) is 5.82 Å². The van der Waals surface area contributed by atoms with Crippen LogP contribution in [0.1, 0.15) is 6.92 Å². The highest BCUT2D eigenvalue weighted by Gasteiger charge is 2.15. The number of anilines is 1. The first-order valence-electron chi connectivity index (χ1n) is 5.08. The normalized spacial score (nSPS) is 12.4. The molecule has 0 radical (unpaired) electrons. The van der Waals surface area contributed by atoms with Crippen LogP contribution >= 0.6 is 11.8 Å². The average Bonchev–Trinajstić information content (AvgIpc) is 2.63. The third-order valence-corrected chi connectivity index (χ3v) is 3.24. The molecule has 0 spiro atoms. The van der Waals surface area contributed by atoms with Crippen LogP contribution in [-0.4, -0.2) is 45.7 Å². The Morgan fingerprint density at radius 3 is 2.94 bits per heavy atom. The lowest BCUT2D eigenvalue weighted by atomic mass is 10.3. The molecule has 1 unspecified atom stereocenters. The van der Waals surface area contributed by atoms with E-state index in [4.69, 9.17) is 5.73 Å². The van der Waals surface area contributed by atoms with Crippen molar-refractivity contribution >= 4 is 23.5 Å². The van der Waals surface area contributed by atoms with E-state index in [2.05, 4.69) is 5.10 Å². The Labute approximate surface area is 100.0 Å². The molecule has 1 heterocycles. The Morgan fingerprint density at radius 2 is 2.44 bits per heavy atom. The third-order valence-electron chi connectivity index (χ3n) is 2.42. The minimum atomic E-state index is 0.0460. The largest absolute Gasteiger partial charge is 0.382 e. The smallest absolute Gasteiger partial charge is 0.244 e. The Balaban J connectivity index is 2.51. The van der Waals surface area contributed by atoms with E-state index >= 15 is 0 Å². The summed E-state index contributed by atoms with van der Waals surface area (Å²) in [6.45, 7) is 2.28. The van der Waals surface area contributed by atoms with Gasteiger partial charge in [-0.15, -0.1) is 0 Å². The summed E-state index contributed by atoms with van der Waals surface area (Å²) >= 11 is 1.73. The van der Waals surface area contributed by atoms with Crippen LogP contribution in [-0.2, 0) is 11.3 Å². The van der Waals surface area contributed by atoms with Crippen LogP contribution in [0, 0.1) is 0 Å². The number of hydrogen-bond acceptors (Lipinski definition) is 4. The summed E-state index contributed by atoms with van der Waals surface area (Å²) in [5.41, 5.74) is 5.48. The highest BCUT2D eigenvalue weighted by Crippen LogP contribution is 2.05. The molecular formula is C10H18N4OS. The fourth-order valence-corrected chi connectivity index (χ4v) is 2.02. The van der Waals surface area contributed by atoms with Gasteiger partial charge in [0, 0.05) is 25.0 Å². The molecule has 0 bridgehead atoms. The molecule has 1 aromatic heterocycles. The van der Waals surface area contributed by atoms with Crippen molar-refractivity contribution in [3.05, 3.63) is 12.3 Å². The number of nitrogen functional groups attached to an aromatic ring is 1. The zero-order valence-electron chi connectivity index (χ0n) is 9.88. The van der Waals surface area contributed by atoms with E-state index < -0.39 is 0 Å². The summed E-state index contributed by atoms with van der Waals surface area (Å²) in [5.74, 6) is 1.42. The van der Waals surface area contributed by atoms with Gasteiger partial charge in [0.25, 0.3) is 0 Å². The molecule has 6 heteroatoms. The van der Waals surface area contributed by atoms with Crippen molar-refractivity contribution in [2.75, 3.05) is 24.8 Å². The number of nitrogens with zero attached hydrogens (tertiary/aromatic N) is 3. The van der Waals surface area contributed by atoms with Crippen molar-refractivity contribution in [1.82, 2.24) is 14.7 Å². The number of carbonyl (C=O) groups is 1. The molecule has 90 valence electrons. The molecule has 1 aromatic rings. The maximum Gasteiger partial charge on any atom is 0.244 e. The molecule has 16 heavy (non-hydrogen) atoms. The predicted octanol–water partition coefficient (Wildman–Crippen LogP) is 0.675. The van der Waals surface area contributed by atoms with Gasteiger partial charge in [0.05, 0.1) is 0 Å². The third kappa shape index (κ3) is 3.44. The van der Waals surface area contributed by atoms with E-state index in [-0.39, 0.29) is 18.5 Å². The number of hydrogen-bond donors (Lipinski definition) is 1. The lowest BCUT2D eigenvalue weighted by Crippen LogP contribution is -2.38. The summed E-state index contributed by atoms with van der Waals surface area (Å²) in [7, 11) is 1.82. The van der Waals surface area contributed by atoms with Gasteiger partial charge in [-0.05, 0) is 19.2 Å². The Morgan fingerprint density at radius 1 is 1.75 bits per heavy atom. The summed E-state index contributed by atoms with van der Waals surface area (Å²) in [6.07, 6.45) is 3.74. The van der Waals surface area contributed by atoms with Crippen molar-refractivity contribution in [3.8, 4) is 0 Å². The van der Waals surface area contributed by atoms with Gasteiger partial charge >= 0.3 is 0 Å². The number of rotatable bonds is 5. The summed E-state index contributed by atoms with van der Waals surface area (Å²) < 4.78 is 1.56. The molecule has 0 saturated carbocycles. The number of amides is 1. The molecule has 0 saturated heterocycles. The fraction of sp³-hybridized carbons (Fsp3) is 0.600. The summed E-state index contributed by atoms with van der Waals surface area (Å²) in [5, 5.41) is 3.98. The number of thioether (sulfide) groups is 1. The average molecular weight is 242 g/mol. The van der Waals surface area contributed by atoms with E-state index in [1.807, 2.05) is 20.2 Å². The van der Waals surface area contributed by atoms with E-state index in [0.717, 1.165) is 5.75 Å². The van der Waals surface area contributed by atoms with E-state index in [9.17, 15) is 4.79 Å². The number of nitrogens with two attached hydrogens (primary N) is 1. The van der Waals surface area contributed by atoms with Gasteiger partial charge in [-0.3, -0.25) is 9.48 Å². The van der Waals surface area contributed by atoms with Gasteiger partial charge in [0.2, 0.25) is 5.91 Å². The molecule has 0 aromatic carbocycles. The molecular weight excluding hydrogens is 224 g/mol. The highest BCUT2D eigenvalue weighted by molar-refractivity contribution is 7.98. The van der Waals surface area contributed by atoms with Crippen LogP contribution < -0.4 is 5.73 Å². The zero-order valence-corrected chi connectivity index (χ0v) is 10.7.